The molecule has 1 fully saturated rings. The first kappa shape index (κ1) is 14.4. The summed E-state index contributed by atoms with van der Waals surface area (Å²) in [6.07, 6.45) is 7.94. The molecule has 0 spiro atoms. The molecule has 0 aromatic carbocycles. The van der Waals surface area contributed by atoms with Crippen LogP contribution in [0.3, 0.4) is 0 Å². The van der Waals surface area contributed by atoms with Gasteiger partial charge in [0.2, 0.25) is 0 Å². The minimum Gasteiger partial charge on any atom is -0.377 e. The molecule has 1 aliphatic rings. The van der Waals surface area contributed by atoms with Crippen LogP contribution < -0.4 is 11.3 Å². The van der Waals surface area contributed by atoms with Gasteiger partial charge in [0.15, 0.2) is 0 Å². The van der Waals surface area contributed by atoms with Gasteiger partial charge < -0.3 is 4.74 Å². The molecule has 1 aliphatic carbocycles. The third-order valence-electron chi connectivity index (χ3n) is 4.21. The number of ether oxygens (including phenoxy) is 1. The molecule has 3 N–H and O–H groups in total. The molecule has 1 unspecified atom stereocenters. The Morgan fingerprint density at radius 1 is 1.53 bits per heavy atom. The van der Waals surface area contributed by atoms with Crippen molar-refractivity contribution in [3.8, 4) is 0 Å². The SMILES string of the molecule is CCCn1ncnc1CC(NN)C1(OC)CCCC1. The van der Waals surface area contributed by atoms with Crippen molar-refractivity contribution in [2.24, 2.45) is 5.84 Å². The van der Waals surface area contributed by atoms with Crippen molar-refractivity contribution in [2.75, 3.05) is 7.11 Å². The van der Waals surface area contributed by atoms with Gasteiger partial charge in [0, 0.05) is 20.1 Å². The lowest BCUT2D eigenvalue weighted by molar-refractivity contribution is -0.0362. The van der Waals surface area contributed by atoms with Crippen LogP contribution >= 0.6 is 0 Å². The maximum atomic E-state index is 5.80. The molecule has 2 rings (SSSR count). The van der Waals surface area contributed by atoms with Crippen molar-refractivity contribution in [1.82, 2.24) is 20.2 Å². The molecule has 0 bridgehead atoms. The highest BCUT2D eigenvalue weighted by atomic mass is 16.5. The first-order valence-electron chi connectivity index (χ1n) is 7.13. The van der Waals surface area contributed by atoms with Gasteiger partial charge in [-0.2, -0.15) is 5.10 Å². The second-order valence-electron chi connectivity index (χ2n) is 5.30. The van der Waals surface area contributed by atoms with Crippen LogP contribution in [0.2, 0.25) is 0 Å². The number of hydrogen-bond acceptors (Lipinski definition) is 5. The number of aryl methyl sites for hydroxylation is 1. The fraction of sp³-hybridized carbons (Fsp3) is 0.846. The lowest BCUT2D eigenvalue weighted by atomic mass is 9.90. The molecule has 0 radical (unpaired) electrons. The fourth-order valence-corrected chi connectivity index (χ4v) is 3.09. The standard InChI is InChI=1S/C13H25N5O/c1-3-8-18-12(15-10-16-18)9-11(17-14)13(19-2)6-4-5-7-13/h10-11,17H,3-9,14H2,1-2H3. The Morgan fingerprint density at radius 2 is 2.26 bits per heavy atom. The normalized spacial score (nSPS) is 19.7. The summed E-state index contributed by atoms with van der Waals surface area (Å²) in [6, 6.07) is 0.0832. The van der Waals surface area contributed by atoms with Gasteiger partial charge >= 0.3 is 0 Å². The van der Waals surface area contributed by atoms with E-state index >= 15 is 0 Å². The highest BCUT2D eigenvalue weighted by Gasteiger charge is 2.41. The Kier molecular flexibility index (Phi) is 4.90. The van der Waals surface area contributed by atoms with Crippen molar-refractivity contribution >= 4 is 0 Å². The molecule has 1 atom stereocenters. The third-order valence-corrected chi connectivity index (χ3v) is 4.21. The zero-order valence-electron chi connectivity index (χ0n) is 11.9. The number of rotatable bonds is 7. The predicted molar refractivity (Wildman–Crippen MR) is 73.3 cm³/mol. The number of nitrogens with one attached hydrogen (secondary N) is 1. The van der Waals surface area contributed by atoms with Gasteiger partial charge in [-0.25, -0.2) is 4.98 Å². The van der Waals surface area contributed by atoms with Gasteiger partial charge in [-0.05, 0) is 19.3 Å². The van der Waals surface area contributed by atoms with Crippen molar-refractivity contribution in [2.45, 2.75) is 63.6 Å². The van der Waals surface area contributed by atoms with Crippen LogP contribution in [0.15, 0.2) is 6.33 Å². The lowest BCUT2D eigenvalue weighted by Gasteiger charge is -2.35. The maximum Gasteiger partial charge on any atom is 0.138 e. The van der Waals surface area contributed by atoms with Gasteiger partial charge in [0.1, 0.15) is 12.2 Å². The Bertz CT molecular complexity index is 386. The first-order chi connectivity index (χ1) is 9.25. The molecule has 0 amide bonds. The molecule has 6 nitrogen and oxygen atoms in total. The van der Waals surface area contributed by atoms with Crippen molar-refractivity contribution in [1.29, 1.82) is 0 Å². The van der Waals surface area contributed by atoms with Gasteiger partial charge in [0.25, 0.3) is 0 Å². The van der Waals surface area contributed by atoms with Crippen LogP contribution in [0.4, 0.5) is 0 Å². The number of methoxy groups -OCH3 is 1. The van der Waals surface area contributed by atoms with E-state index in [9.17, 15) is 0 Å². The van der Waals surface area contributed by atoms with Gasteiger partial charge in [0.05, 0.1) is 11.6 Å². The van der Waals surface area contributed by atoms with Gasteiger partial charge in [-0.1, -0.05) is 19.8 Å². The smallest absolute Gasteiger partial charge is 0.138 e. The van der Waals surface area contributed by atoms with Crippen LogP contribution in [0.25, 0.3) is 0 Å². The van der Waals surface area contributed by atoms with Gasteiger partial charge in [-0.15, -0.1) is 0 Å². The highest BCUT2D eigenvalue weighted by Crippen LogP contribution is 2.36. The summed E-state index contributed by atoms with van der Waals surface area (Å²) in [4.78, 5) is 4.36. The first-order valence-corrected chi connectivity index (χ1v) is 7.13. The molecule has 1 aromatic rings. The molecule has 1 heterocycles. The third kappa shape index (κ3) is 2.96. The summed E-state index contributed by atoms with van der Waals surface area (Å²) in [5, 5.41) is 4.26. The number of nitrogens with two attached hydrogens (primary N) is 1. The summed E-state index contributed by atoms with van der Waals surface area (Å²) < 4.78 is 7.76. The highest BCUT2D eigenvalue weighted by molar-refractivity contribution is 5.01. The molecule has 0 aliphatic heterocycles. The molecule has 108 valence electrons. The van der Waals surface area contributed by atoms with Crippen LogP contribution in [-0.4, -0.2) is 33.5 Å². The van der Waals surface area contributed by atoms with E-state index in [0.29, 0.717) is 0 Å². The van der Waals surface area contributed by atoms with Crippen LogP contribution in [-0.2, 0) is 17.7 Å². The summed E-state index contributed by atoms with van der Waals surface area (Å²) in [7, 11) is 1.78. The zero-order chi connectivity index (χ0) is 13.7. The second-order valence-corrected chi connectivity index (χ2v) is 5.30. The maximum absolute atomic E-state index is 5.80. The molecular formula is C13H25N5O. The molecule has 1 saturated carbocycles. The molecular weight excluding hydrogens is 242 g/mol. The van der Waals surface area contributed by atoms with Crippen LogP contribution in [0.1, 0.15) is 44.9 Å². The Labute approximate surface area is 114 Å². The van der Waals surface area contributed by atoms with Crippen molar-refractivity contribution in [3.05, 3.63) is 12.2 Å². The van der Waals surface area contributed by atoms with E-state index in [2.05, 4.69) is 22.4 Å². The molecule has 19 heavy (non-hydrogen) atoms. The Hall–Kier alpha value is -0.980. The molecule has 1 aromatic heterocycles. The average molecular weight is 267 g/mol. The van der Waals surface area contributed by atoms with E-state index in [4.69, 9.17) is 10.6 Å². The summed E-state index contributed by atoms with van der Waals surface area (Å²) >= 11 is 0. The fourth-order valence-electron chi connectivity index (χ4n) is 3.09. The summed E-state index contributed by atoms with van der Waals surface area (Å²) in [5.41, 5.74) is 2.78. The van der Waals surface area contributed by atoms with E-state index in [-0.39, 0.29) is 11.6 Å². The molecule has 0 saturated heterocycles. The van der Waals surface area contributed by atoms with E-state index in [1.165, 1.54) is 12.8 Å². The van der Waals surface area contributed by atoms with Crippen LogP contribution in [0.5, 0.6) is 0 Å². The zero-order valence-corrected chi connectivity index (χ0v) is 11.9. The Balaban J connectivity index is 2.11. The lowest BCUT2D eigenvalue weighted by Crippen LogP contribution is -2.54. The molecule has 6 heteroatoms. The van der Waals surface area contributed by atoms with E-state index in [1.807, 2.05) is 4.68 Å². The predicted octanol–water partition coefficient (Wildman–Crippen LogP) is 1.02. The largest absolute Gasteiger partial charge is 0.377 e. The summed E-state index contributed by atoms with van der Waals surface area (Å²) in [5.74, 6) is 6.75. The van der Waals surface area contributed by atoms with Crippen LogP contribution in [0, 0.1) is 0 Å². The summed E-state index contributed by atoms with van der Waals surface area (Å²) in [6.45, 7) is 3.03. The van der Waals surface area contributed by atoms with E-state index in [1.54, 1.807) is 13.4 Å². The minimum absolute atomic E-state index is 0.0832. The number of nitrogens with zero attached hydrogens (tertiary/aromatic N) is 3. The number of hydrazine groups is 1. The van der Waals surface area contributed by atoms with Gasteiger partial charge in [-0.3, -0.25) is 16.0 Å². The van der Waals surface area contributed by atoms with E-state index in [0.717, 1.165) is 38.1 Å². The van der Waals surface area contributed by atoms with E-state index < -0.39 is 0 Å². The van der Waals surface area contributed by atoms with Crippen molar-refractivity contribution < 1.29 is 4.74 Å². The average Bonchev–Trinajstić information content (AvgIpc) is 3.06. The number of hydrogen-bond donors (Lipinski definition) is 2. The second kappa shape index (κ2) is 6.45. The monoisotopic (exact) mass is 267 g/mol. The van der Waals surface area contributed by atoms with Crippen molar-refractivity contribution in [3.63, 3.8) is 0 Å². The quantitative estimate of drug-likeness (QED) is 0.570. The minimum atomic E-state index is -0.155. The number of aromatic nitrogens is 3. The Morgan fingerprint density at radius 3 is 2.84 bits per heavy atom. The topological polar surface area (TPSA) is 78.0 Å².